The Kier molecular flexibility index (Phi) is 5.83. The lowest BCUT2D eigenvalue weighted by atomic mass is 10.2. The first-order valence-corrected chi connectivity index (χ1v) is 10.2. The summed E-state index contributed by atoms with van der Waals surface area (Å²) in [6.07, 6.45) is 6.30. The number of aromatic nitrogens is 2. The Morgan fingerprint density at radius 3 is 2.67 bits per heavy atom. The number of carbonyl (C=O) groups excluding carboxylic acids is 2. The number of hydrogen-bond donors (Lipinski definition) is 2. The summed E-state index contributed by atoms with van der Waals surface area (Å²) in [7, 11) is 0. The first-order chi connectivity index (χ1) is 14.6. The smallest absolute Gasteiger partial charge is 0.326 e. The molecule has 2 N–H and O–H groups in total. The standard InChI is InChI=1S/C22H25N5O3/c1-2-9-24-21(28)27-13-8-16-14-17(5-6-19(16)27)30-18-7-10-23-20(15-18)25-22(29)26-11-3-4-12-26/h5-8,10,13-15H,2-4,9,11-12H2,1H3,(H,24,28)(H,23,25,29). The number of fused-ring (bicyclic) bond motifs is 1. The van der Waals surface area contributed by atoms with E-state index in [9.17, 15) is 9.59 Å². The van der Waals surface area contributed by atoms with Crippen molar-refractivity contribution in [2.24, 2.45) is 0 Å². The van der Waals surface area contributed by atoms with E-state index in [1.807, 2.05) is 31.2 Å². The highest BCUT2D eigenvalue weighted by molar-refractivity contribution is 5.92. The average molecular weight is 407 g/mol. The lowest BCUT2D eigenvalue weighted by molar-refractivity contribution is 0.222. The van der Waals surface area contributed by atoms with Crippen molar-refractivity contribution in [1.82, 2.24) is 19.8 Å². The molecule has 8 nitrogen and oxygen atoms in total. The zero-order chi connectivity index (χ0) is 20.9. The fraction of sp³-hybridized carbons (Fsp3) is 0.318. The Labute approximate surface area is 174 Å². The molecule has 3 amide bonds. The Balaban J connectivity index is 1.46. The SMILES string of the molecule is CCCNC(=O)n1ccc2cc(Oc3ccnc(NC(=O)N4CCCC4)c3)ccc21. The summed E-state index contributed by atoms with van der Waals surface area (Å²) in [4.78, 5) is 30.5. The zero-order valence-electron chi connectivity index (χ0n) is 16.9. The van der Waals surface area contributed by atoms with E-state index in [0.29, 0.717) is 23.9 Å². The quantitative estimate of drug-likeness (QED) is 0.655. The van der Waals surface area contributed by atoms with E-state index in [0.717, 1.165) is 43.3 Å². The molecule has 1 fully saturated rings. The van der Waals surface area contributed by atoms with Crippen LogP contribution >= 0.6 is 0 Å². The van der Waals surface area contributed by atoms with Gasteiger partial charge >= 0.3 is 12.1 Å². The molecule has 1 aliphatic rings. The monoisotopic (exact) mass is 407 g/mol. The Hall–Kier alpha value is -3.55. The molecule has 1 saturated heterocycles. The molecule has 0 unspecified atom stereocenters. The maximum absolute atomic E-state index is 12.3. The van der Waals surface area contributed by atoms with Crippen molar-refractivity contribution in [3.05, 3.63) is 48.8 Å². The molecule has 0 spiro atoms. The van der Waals surface area contributed by atoms with E-state index >= 15 is 0 Å². The van der Waals surface area contributed by atoms with Crippen LogP contribution in [0.25, 0.3) is 10.9 Å². The van der Waals surface area contributed by atoms with E-state index in [1.54, 1.807) is 34.0 Å². The summed E-state index contributed by atoms with van der Waals surface area (Å²) < 4.78 is 7.54. The minimum atomic E-state index is -0.145. The molecule has 1 aromatic carbocycles. The lowest BCUT2D eigenvalue weighted by Crippen LogP contribution is -2.32. The van der Waals surface area contributed by atoms with E-state index in [4.69, 9.17) is 4.74 Å². The van der Waals surface area contributed by atoms with Crippen molar-refractivity contribution in [2.45, 2.75) is 26.2 Å². The normalized spacial score (nSPS) is 13.4. The van der Waals surface area contributed by atoms with Crippen molar-refractivity contribution >= 4 is 28.8 Å². The van der Waals surface area contributed by atoms with Gasteiger partial charge in [0.15, 0.2) is 0 Å². The average Bonchev–Trinajstić information content (AvgIpc) is 3.42. The maximum Gasteiger partial charge on any atom is 0.326 e. The van der Waals surface area contributed by atoms with Gasteiger partial charge in [-0.1, -0.05) is 6.92 Å². The number of benzene rings is 1. The molecule has 2 aromatic heterocycles. The second-order valence-electron chi connectivity index (χ2n) is 7.24. The molecule has 0 radical (unpaired) electrons. The molecule has 30 heavy (non-hydrogen) atoms. The second-order valence-corrected chi connectivity index (χ2v) is 7.24. The number of ether oxygens (including phenoxy) is 1. The largest absolute Gasteiger partial charge is 0.457 e. The molecule has 3 aromatic rings. The van der Waals surface area contributed by atoms with Gasteiger partial charge in [-0.05, 0) is 49.6 Å². The van der Waals surface area contributed by atoms with E-state index in [1.165, 1.54) is 0 Å². The van der Waals surface area contributed by atoms with Crippen molar-refractivity contribution in [3.8, 4) is 11.5 Å². The van der Waals surface area contributed by atoms with Crippen LogP contribution in [0, 0.1) is 0 Å². The summed E-state index contributed by atoms with van der Waals surface area (Å²) in [5.41, 5.74) is 0.809. The molecular formula is C22H25N5O3. The number of likely N-dealkylation sites (tertiary alicyclic amines) is 1. The van der Waals surface area contributed by atoms with Gasteiger partial charge < -0.3 is 15.0 Å². The van der Waals surface area contributed by atoms with Crippen LogP contribution in [0.1, 0.15) is 26.2 Å². The molecule has 0 saturated carbocycles. The summed E-state index contributed by atoms with van der Waals surface area (Å²) >= 11 is 0. The van der Waals surface area contributed by atoms with Crippen molar-refractivity contribution in [3.63, 3.8) is 0 Å². The van der Waals surface area contributed by atoms with Crippen LogP contribution in [0.15, 0.2) is 48.8 Å². The second kappa shape index (κ2) is 8.86. The topological polar surface area (TPSA) is 88.5 Å². The highest BCUT2D eigenvalue weighted by atomic mass is 16.5. The number of urea groups is 1. The highest BCUT2D eigenvalue weighted by Crippen LogP contribution is 2.27. The third-order valence-corrected chi connectivity index (χ3v) is 5.00. The van der Waals surface area contributed by atoms with Gasteiger partial charge in [0.1, 0.15) is 17.3 Å². The number of amides is 3. The maximum atomic E-state index is 12.3. The molecular weight excluding hydrogens is 382 g/mol. The van der Waals surface area contributed by atoms with Gasteiger partial charge in [-0.3, -0.25) is 9.88 Å². The van der Waals surface area contributed by atoms with Crippen molar-refractivity contribution in [2.75, 3.05) is 25.0 Å². The first kappa shape index (κ1) is 19.8. The van der Waals surface area contributed by atoms with E-state index in [2.05, 4.69) is 15.6 Å². The third-order valence-electron chi connectivity index (χ3n) is 5.00. The Bertz CT molecular complexity index is 1060. The first-order valence-electron chi connectivity index (χ1n) is 10.2. The molecule has 0 bridgehead atoms. The number of nitrogens with zero attached hydrogens (tertiary/aromatic N) is 3. The molecule has 3 heterocycles. The molecule has 4 rings (SSSR count). The number of carbonyl (C=O) groups is 2. The highest BCUT2D eigenvalue weighted by Gasteiger charge is 2.18. The predicted molar refractivity (Wildman–Crippen MR) is 115 cm³/mol. The van der Waals surface area contributed by atoms with Crippen LogP contribution in [-0.4, -0.2) is 46.1 Å². The van der Waals surface area contributed by atoms with Crippen LogP contribution < -0.4 is 15.4 Å². The summed E-state index contributed by atoms with van der Waals surface area (Å²) in [6, 6.07) is 10.6. The number of pyridine rings is 1. The summed E-state index contributed by atoms with van der Waals surface area (Å²) in [6.45, 7) is 4.20. The number of anilines is 1. The van der Waals surface area contributed by atoms with Gasteiger partial charge in [-0.25, -0.2) is 14.6 Å². The lowest BCUT2D eigenvalue weighted by Gasteiger charge is -2.16. The van der Waals surface area contributed by atoms with Crippen molar-refractivity contribution in [1.29, 1.82) is 0 Å². The number of hydrogen-bond acceptors (Lipinski definition) is 4. The predicted octanol–water partition coefficient (Wildman–Crippen LogP) is 4.42. The number of nitrogens with one attached hydrogen (secondary N) is 2. The van der Waals surface area contributed by atoms with Crippen molar-refractivity contribution < 1.29 is 14.3 Å². The number of rotatable bonds is 5. The van der Waals surface area contributed by atoms with E-state index in [-0.39, 0.29) is 12.1 Å². The molecule has 156 valence electrons. The Morgan fingerprint density at radius 2 is 1.87 bits per heavy atom. The van der Waals surface area contributed by atoms with Crippen LogP contribution in [0.3, 0.4) is 0 Å². The van der Waals surface area contributed by atoms with Gasteiger partial charge in [0.2, 0.25) is 0 Å². The summed E-state index contributed by atoms with van der Waals surface area (Å²) in [5.74, 6) is 1.66. The van der Waals surface area contributed by atoms with Gasteiger partial charge in [-0.2, -0.15) is 0 Å². The van der Waals surface area contributed by atoms with Gasteiger partial charge in [0, 0.05) is 43.5 Å². The van der Waals surface area contributed by atoms with Crippen LogP contribution in [0.4, 0.5) is 15.4 Å². The third kappa shape index (κ3) is 4.37. The molecule has 0 aliphatic carbocycles. The Morgan fingerprint density at radius 1 is 1.07 bits per heavy atom. The van der Waals surface area contributed by atoms with Gasteiger partial charge in [0.05, 0.1) is 5.52 Å². The van der Waals surface area contributed by atoms with Crippen LogP contribution in [0.2, 0.25) is 0 Å². The van der Waals surface area contributed by atoms with E-state index < -0.39 is 0 Å². The molecule has 0 atom stereocenters. The molecule has 1 aliphatic heterocycles. The van der Waals surface area contributed by atoms with Crippen LogP contribution in [0.5, 0.6) is 11.5 Å². The fourth-order valence-corrected chi connectivity index (χ4v) is 3.47. The summed E-state index contributed by atoms with van der Waals surface area (Å²) in [5, 5.41) is 6.59. The van der Waals surface area contributed by atoms with Gasteiger partial charge in [0.25, 0.3) is 0 Å². The minimum absolute atomic E-state index is 0.138. The van der Waals surface area contributed by atoms with Gasteiger partial charge in [-0.15, -0.1) is 0 Å². The fourth-order valence-electron chi connectivity index (χ4n) is 3.47. The zero-order valence-corrected chi connectivity index (χ0v) is 16.9. The minimum Gasteiger partial charge on any atom is -0.457 e. The van der Waals surface area contributed by atoms with Crippen LogP contribution in [-0.2, 0) is 0 Å². The molecule has 8 heteroatoms.